The van der Waals surface area contributed by atoms with Crippen LogP contribution in [0.5, 0.6) is 0 Å². The molecule has 0 bridgehead atoms. The molecule has 54 heavy (non-hydrogen) atoms. The van der Waals surface area contributed by atoms with E-state index in [4.69, 9.17) is 19.7 Å². The van der Waals surface area contributed by atoms with Crippen molar-refractivity contribution in [3.63, 3.8) is 0 Å². The molecule has 2 aromatic carbocycles. The molecule has 3 aromatic heterocycles. The van der Waals surface area contributed by atoms with Gasteiger partial charge in [-0.25, -0.2) is 23.5 Å². The predicted molar refractivity (Wildman–Crippen MR) is 195 cm³/mol. The number of anilines is 1. The number of nitrogens with zero attached hydrogens (tertiary/aromatic N) is 7. The molecule has 5 rings (SSSR count). The molecule has 0 aliphatic heterocycles. The largest absolute Gasteiger partial charge is 1.00 e. The Morgan fingerprint density at radius 1 is 1.17 bits per heavy atom. The first-order valence-electron chi connectivity index (χ1n) is 15.7. The molecule has 0 spiro atoms. The van der Waals surface area contributed by atoms with E-state index >= 15 is 4.39 Å². The van der Waals surface area contributed by atoms with Crippen LogP contribution in [0.25, 0.3) is 11.3 Å². The number of amides is 1. The van der Waals surface area contributed by atoms with Gasteiger partial charge in [0.1, 0.15) is 36.2 Å². The summed E-state index contributed by atoms with van der Waals surface area (Å²) in [7, 11) is 3.08. The number of nitriles is 1. The molecule has 0 radical (unpaired) electrons. The van der Waals surface area contributed by atoms with Crippen molar-refractivity contribution in [1.82, 2.24) is 25.1 Å². The molecule has 0 aliphatic rings. The number of hydrogen-bond acceptors (Lipinski definition) is 11. The number of ether oxygens (including phenoxy) is 2. The fraction of sp³-hybridized carbons (Fsp3) is 0.286. The summed E-state index contributed by atoms with van der Waals surface area (Å²) >= 11 is 1.25. The summed E-state index contributed by atoms with van der Waals surface area (Å²) in [4.78, 5) is 35.1. The highest BCUT2D eigenvalue weighted by atomic mass is 35.5. The SMILES string of the molecule is CNCC(=O)OCc1cccnc1N(C)C(=O)OC(C)[n+]1cnn(C[C@](O)(c2cc(F)ccc2F)[C@H](C)c2nc(-c3ccc(C#N)cc3)cs2)c1.Cl.Cl.[Cl-]. The molecule has 0 aliphatic carbocycles. The number of rotatable bonds is 13. The van der Waals surface area contributed by atoms with Gasteiger partial charge in [-0.3, -0.25) is 9.69 Å². The second-order valence-electron chi connectivity index (χ2n) is 11.6. The number of pyridine rings is 1. The maximum Gasteiger partial charge on any atom is 0.418 e. The maximum absolute atomic E-state index is 15.3. The lowest BCUT2D eigenvalue weighted by Gasteiger charge is -2.32. The third-order valence-corrected chi connectivity index (χ3v) is 9.20. The van der Waals surface area contributed by atoms with Gasteiger partial charge < -0.3 is 32.3 Å². The van der Waals surface area contributed by atoms with Crippen LogP contribution in [-0.2, 0) is 33.0 Å². The number of likely N-dealkylation sites (N-methyl/N-ethyl adjacent to an activating group) is 1. The zero-order valence-electron chi connectivity index (χ0n) is 29.4. The van der Waals surface area contributed by atoms with Crippen molar-refractivity contribution < 1.29 is 49.9 Å². The standard InChI is InChI=1S/C35H35F2N8O5S.3ClH/c1-22(33-42-30(18-51-33)25-9-7-24(15-38)8-10-25)35(48,28-14-27(36)11-12-29(28)37)19-45-21-44(20-41-45)23(2)50-34(47)43(4)32-26(6-5-13-40-32)17-49-31(46)16-39-3;;;/h5-14,18,20-23,39,48H,16-17,19H2,1-4H3;3*1H/q+1;;;/p-1/t22-,23?,35-;;;/m1.../s1. The average Bonchev–Trinajstić information content (AvgIpc) is 3.82. The van der Waals surface area contributed by atoms with Gasteiger partial charge in [0.15, 0.2) is 0 Å². The van der Waals surface area contributed by atoms with E-state index in [2.05, 4.69) is 21.5 Å². The zero-order chi connectivity index (χ0) is 36.7. The molecule has 19 heteroatoms. The first-order valence-corrected chi connectivity index (χ1v) is 16.6. The van der Waals surface area contributed by atoms with Crippen molar-refractivity contribution in [3.05, 3.63) is 112 Å². The second kappa shape index (κ2) is 20.1. The molecule has 13 nitrogen and oxygen atoms in total. The third kappa shape index (κ3) is 10.5. The van der Waals surface area contributed by atoms with Crippen molar-refractivity contribution >= 4 is 54.0 Å². The molecule has 3 atom stereocenters. The Morgan fingerprint density at radius 2 is 1.89 bits per heavy atom. The second-order valence-corrected chi connectivity index (χ2v) is 12.5. The van der Waals surface area contributed by atoms with E-state index in [0.29, 0.717) is 21.8 Å². The Balaban J connectivity index is 0.00000336. The van der Waals surface area contributed by atoms with Crippen molar-refractivity contribution in [2.24, 2.45) is 0 Å². The number of aromatic nitrogens is 5. The normalized spacial score (nSPS) is 12.7. The fourth-order valence-corrected chi connectivity index (χ4v) is 6.22. The highest BCUT2D eigenvalue weighted by Gasteiger charge is 2.43. The molecule has 5 aromatic rings. The van der Waals surface area contributed by atoms with Crippen LogP contribution in [0.4, 0.5) is 19.4 Å². The predicted octanol–water partition coefficient (Wildman–Crippen LogP) is 2.43. The van der Waals surface area contributed by atoms with Crippen LogP contribution >= 0.6 is 36.2 Å². The quantitative estimate of drug-likeness (QED) is 0.134. The van der Waals surface area contributed by atoms with Crippen LogP contribution in [-0.4, -0.2) is 57.6 Å². The summed E-state index contributed by atoms with van der Waals surface area (Å²) in [6.45, 7) is 2.85. The number of benzene rings is 2. The number of nitrogens with one attached hydrogen (secondary N) is 1. The molecule has 0 fully saturated rings. The van der Waals surface area contributed by atoms with Crippen LogP contribution in [0, 0.1) is 23.0 Å². The van der Waals surface area contributed by atoms with Crippen molar-refractivity contribution in [2.75, 3.05) is 25.5 Å². The number of aliphatic hydroxyl groups is 1. The summed E-state index contributed by atoms with van der Waals surface area (Å²) in [6, 6.07) is 15.1. The minimum Gasteiger partial charge on any atom is -1.00 e. The Kier molecular flexibility index (Phi) is 16.9. The Labute approximate surface area is 332 Å². The lowest BCUT2D eigenvalue weighted by Crippen LogP contribution is -3.00. The molecular weight excluding hydrogens is 789 g/mol. The highest BCUT2D eigenvalue weighted by Crippen LogP contribution is 2.41. The Bertz CT molecular complexity index is 2070. The molecule has 0 saturated carbocycles. The average molecular weight is 826 g/mol. The van der Waals surface area contributed by atoms with Crippen LogP contribution in [0.15, 0.2) is 78.8 Å². The minimum absolute atomic E-state index is 0. The van der Waals surface area contributed by atoms with Crippen molar-refractivity contribution in [3.8, 4) is 17.3 Å². The molecule has 3 heterocycles. The number of hydrogen-bond donors (Lipinski definition) is 2. The number of halogens is 5. The van der Waals surface area contributed by atoms with Gasteiger partial charge in [-0.2, -0.15) is 9.83 Å². The van der Waals surface area contributed by atoms with E-state index in [-0.39, 0.29) is 68.3 Å². The zero-order valence-corrected chi connectivity index (χ0v) is 32.6. The van der Waals surface area contributed by atoms with Crippen molar-refractivity contribution in [1.29, 1.82) is 5.26 Å². The molecule has 1 unspecified atom stereocenters. The molecular formula is C35H37Cl3F2N8O5S. The van der Waals surface area contributed by atoms with Gasteiger partial charge in [0.25, 0.3) is 6.33 Å². The van der Waals surface area contributed by atoms with Crippen molar-refractivity contribution in [2.45, 2.75) is 44.7 Å². The van der Waals surface area contributed by atoms with Gasteiger partial charge in [0.2, 0.25) is 12.6 Å². The van der Waals surface area contributed by atoms with Crippen LogP contribution in [0.2, 0.25) is 0 Å². The number of esters is 1. The summed E-state index contributed by atoms with van der Waals surface area (Å²) in [5, 5.41) is 30.6. The van der Waals surface area contributed by atoms with Crippen LogP contribution in [0.3, 0.4) is 0 Å². The van der Waals surface area contributed by atoms with E-state index in [1.807, 2.05) is 0 Å². The van der Waals surface area contributed by atoms with E-state index < -0.39 is 41.4 Å². The topological polar surface area (TPSA) is 159 Å². The van der Waals surface area contributed by atoms with E-state index in [0.717, 1.165) is 23.8 Å². The maximum atomic E-state index is 15.3. The number of carbonyl (C=O) groups excluding carboxylic acids is 2. The molecule has 2 N–H and O–H groups in total. The Morgan fingerprint density at radius 3 is 2.57 bits per heavy atom. The molecule has 288 valence electrons. The van der Waals surface area contributed by atoms with Gasteiger partial charge in [-0.05, 0) is 43.4 Å². The monoisotopic (exact) mass is 824 g/mol. The van der Waals surface area contributed by atoms with Gasteiger partial charge in [-0.15, -0.1) is 40.8 Å². The smallest absolute Gasteiger partial charge is 0.418 e. The van der Waals surface area contributed by atoms with E-state index in [9.17, 15) is 19.1 Å². The number of thiazole rings is 1. The molecule has 0 saturated heterocycles. The van der Waals surface area contributed by atoms with E-state index in [1.54, 1.807) is 62.7 Å². The van der Waals surface area contributed by atoms with Gasteiger partial charge in [0.05, 0.1) is 28.9 Å². The lowest BCUT2D eigenvalue weighted by molar-refractivity contribution is -0.753. The van der Waals surface area contributed by atoms with E-state index in [1.165, 1.54) is 51.4 Å². The molecule has 1 amide bonds. The first kappa shape index (κ1) is 45.4. The lowest BCUT2D eigenvalue weighted by atomic mass is 9.82. The Hall–Kier alpha value is -4.76. The van der Waals surface area contributed by atoms with Gasteiger partial charge in [0, 0.05) is 53.3 Å². The summed E-state index contributed by atoms with van der Waals surface area (Å²) in [5.74, 6) is -2.64. The van der Waals surface area contributed by atoms with Gasteiger partial charge in [-0.1, -0.05) is 25.1 Å². The van der Waals surface area contributed by atoms with Gasteiger partial charge >= 0.3 is 12.1 Å². The fourth-order valence-electron chi connectivity index (χ4n) is 5.25. The summed E-state index contributed by atoms with van der Waals surface area (Å²) < 4.78 is 43.5. The first-order chi connectivity index (χ1) is 24.4. The summed E-state index contributed by atoms with van der Waals surface area (Å²) in [6.07, 6.45) is 2.65. The highest BCUT2D eigenvalue weighted by molar-refractivity contribution is 7.10. The third-order valence-electron chi connectivity index (χ3n) is 8.18. The van der Waals surface area contributed by atoms with Crippen LogP contribution < -0.4 is 27.2 Å². The van der Waals surface area contributed by atoms with Crippen LogP contribution in [0.1, 0.15) is 47.7 Å². The summed E-state index contributed by atoms with van der Waals surface area (Å²) in [5.41, 5.74) is 0.000750. The number of carbonyl (C=O) groups is 2. The minimum atomic E-state index is -2.04.